The molecule has 1 saturated heterocycles. The second-order valence-electron chi connectivity index (χ2n) is 3.91. The number of hydrogen-bond donors (Lipinski definition) is 0. The maximum Gasteiger partial charge on any atom is 0.104 e. The van der Waals surface area contributed by atoms with Crippen molar-refractivity contribution in [2.24, 2.45) is 5.92 Å². The van der Waals surface area contributed by atoms with E-state index in [2.05, 4.69) is 13.8 Å². The van der Waals surface area contributed by atoms with Gasteiger partial charge < -0.3 is 9.47 Å². The zero-order valence-corrected chi connectivity index (χ0v) is 8.92. The smallest absolute Gasteiger partial charge is 0.104 e. The molecule has 0 unspecified atom stereocenters. The fraction of sp³-hybridized carbons (Fsp3) is 1.00. The SMILES string of the molecule is CCCC[C@H](CC)COC[C@H]1CO1. The number of unbranched alkanes of at least 4 members (excludes halogenated alkanes) is 1. The summed E-state index contributed by atoms with van der Waals surface area (Å²) in [6.07, 6.45) is 5.61. The summed E-state index contributed by atoms with van der Waals surface area (Å²) in [5, 5.41) is 0. The van der Waals surface area contributed by atoms with Crippen molar-refractivity contribution in [1.82, 2.24) is 0 Å². The minimum atomic E-state index is 0.420. The summed E-state index contributed by atoms with van der Waals surface area (Å²) in [5.41, 5.74) is 0. The summed E-state index contributed by atoms with van der Waals surface area (Å²) in [6.45, 7) is 7.13. The lowest BCUT2D eigenvalue weighted by molar-refractivity contribution is 0.0813. The van der Waals surface area contributed by atoms with Crippen LogP contribution in [0.2, 0.25) is 0 Å². The van der Waals surface area contributed by atoms with Crippen LogP contribution in [0.3, 0.4) is 0 Å². The van der Waals surface area contributed by atoms with Crippen molar-refractivity contribution in [3.8, 4) is 0 Å². The highest BCUT2D eigenvalue weighted by Gasteiger charge is 2.22. The highest BCUT2D eigenvalue weighted by Crippen LogP contribution is 2.14. The van der Waals surface area contributed by atoms with Crippen LogP contribution in [0.1, 0.15) is 39.5 Å². The number of epoxide rings is 1. The molecule has 0 aromatic rings. The largest absolute Gasteiger partial charge is 0.378 e. The third-order valence-electron chi connectivity index (χ3n) is 2.60. The Morgan fingerprint density at radius 1 is 1.46 bits per heavy atom. The summed E-state index contributed by atoms with van der Waals surface area (Å²) in [5.74, 6) is 0.763. The Morgan fingerprint density at radius 2 is 2.23 bits per heavy atom. The maximum atomic E-state index is 5.58. The van der Waals surface area contributed by atoms with Gasteiger partial charge in [-0.1, -0.05) is 33.1 Å². The topological polar surface area (TPSA) is 21.8 Å². The van der Waals surface area contributed by atoms with E-state index < -0.39 is 0 Å². The van der Waals surface area contributed by atoms with E-state index >= 15 is 0 Å². The van der Waals surface area contributed by atoms with Gasteiger partial charge >= 0.3 is 0 Å². The maximum absolute atomic E-state index is 5.58. The van der Waals surface area contributed by atoms with Gasteiger partial charge in [0.15, 0.2) is 0 Å². The monoisotopic (exact) mass is 186 g/mol. The molecule has 1 fully saturated rings. The average Bonchev–Trinajstić information content (AvgIpc) is 2.94. The van der Waals surface area contributed by atoms with Crippen LogP contribution in [0.25, 0.3) is 0 Å². The van der Waals surface area contributed by atoms with Crippen molar-refractivity contribution in [2.45, 2.75) is 45.6 Å². The first-order valence-electron chi connectivity index (χ1n) is 5.56. The van der Waals surface area contributed by atoms with Crippen molar-refractivity contribution in [3.63, 3.8) is 0 Å². The lowest BCUT2D eigenvalue weighted by atomic mass is 10.0. The molecule has 0 aromatic heterocycles. The Labute approximate surface area is 81.6 Å². The number of ether oxygens (including phenoxy) is 2. The summed E-state index contributed by atoms with van der Waals surface area (Å²) in [7, 11) is 0. The lowest BCUT2D eigenvalue weighted by Crippen LogP contribution is -2.11. The first kappa shape index (κ1) is 11.0. The molecule has 2 nitrogen and oxygen atoms in total. The Bertz CT molecular complexity index is 121. The standard InChI is InChI=1S/C11H22O2/c1-3-5-6-10(4-2)7-12-8-11-9-13-11/h10-11H,3-9H2,1-2H3/t10-,11-/m0/s1. The van der Waals surface area contributed by atoms with Crippen molar-refractivity contribution < 1.29 is 9.47 Å². The molecule has 2 heteroatoms. The molecule has 13 heavy (non-hydrogen) atoms. The normalized spacial score (nSPS) is 23.1. The molecule has 2 atom stereocenters. The van der Waals surface area contributed by atoms with E-state index in [1.807, 2.05) is 0 Å². The molecular formula is C11H22O2. The molecule has 1 aliphatic heterocycles. The van der Waals surface area contributed by atoms with Crippen molar-refractivity contribution in [2.75, 3.05) is 19.8 Å². The van der Waals surface area contributed by atoms with Crippen LogP contribution in [-0.2, 0) is 9.47 Å². The highest BCUT2D eigenvalue weighted by atomic mass is 16.6. The van der Waals surface area contributed by atoms with E-state index in [9.17, 15) is 0 Å². The molecule has 0 spiro atoms. The van der Waals surface area contributed by atoms with E-state index in [1.165, 1.54) is 25.7 Å². The van der Waals surface area contributed by atoms with Gasteiger partial charge in [0.05, 0.1) is 13.2 Å². The molecule has 1 aliphatic rings. The van der Waals surface area contributed by atoms with Gasteiger partial charge in [0.25, 0.3) is 0 Å². The molecule has 0 aliphatic carbocycles. The van der Waals surface area contributed by atoms with Crippen LogP contribution >= 0.6 is 0 Å². The summed E-state index contributed by atoms with van der Waals surface area (Å²) in [4.78, 5) is 0. The molecule has 1 rings (SSSR count). The van der Waals surface area contributed by atoms with Gasteiger partial charge in [0.2, 0.25) is 0 Å². The van der Waals surface area contributed by atoms with E-state index in [0.717, 1.165) is 25.7 Å². The first-order valence-corrected chi connectivity index (χ1v) is 5.56. The van der Waals surface area contributed by atoms with Crippen LogP contribution in [0.15, 0.2) is 0 Å². The minimum absolute atomic E-state index is 0.420. The molecule has 0 aromatic carbocycles. The predicted molar refractivity (Wildman–Crippen MR) is 53.9 cm³/mol. The fourth-order valence-electron chi connectivity index (χ4n) is 1.43. The second-order valence-corrected chi connectivity index (χ2v) is 3.91. The fourth-order valence-corrected chi connectivity index (χ4v) is 1.43. The average molecular weight is 186 g/mol. The van der Waals surface area contributed by atoms with Gasteiger partial charge in [-0.15, -0.1) is 0 Å². The Morgan fingerprint density at radius 3 is 2.77 bits per heavy atom. The van der Waals surface area contributed by atoms with E-state index in [-0.39, 0.29) is 0 Å². The van der Waals surface area contributed by atoms with E-state index in [0.29, 0.717) is 6.10 Å². The first-order chi connectivity index (χ1) is 6.36. The minimum Gasteiger partial charge on any atom is -0.378 e. The molecule has 0 saturated carbocycles. The van der Waals surface area contributed by atoms with Crippen molar-refractivity contribution in [3.05, 3.63) is 0 Å². The van der Waals surface area contributed by atoms with Crippen LogP contribution in [0.5, 0.6) is 0 Å². The Hall–Kier alpha value is -0.0800. The van der Waals surface area contributed by atoms with Gasteiger partial charge in [-0.2, -0.15) is 0 Å². The summed E-state index contributed by atoms with van der Waals surface area (Å²) in [6, 6.07) is 0. The third kappa shape index (κ3) is 5.27. The van der Waals surface area contributed by atoms with Gasteiger partial charge in [-0.3, -0.25) is 0 Å². The summed E-state index contributed by atoms with van der Waals surface area (Å²) < 4.78 is 10.7. The summed E-state index contributed by atoms with van der Waals surface area (Å²) >= 11 is 0. The predicted octanol–water partition coefficient (Wildman–Crippen LogP) is 2.62. The second kappa shape index (κ2) is 6.39. The van der Waals surface area contributed by atoms with Gasteiger partial charge in [0.1, 0.15) is 6.10 Å². The van der Waals surface area contributed by atoms with E-state index in [4.69, 9.17) is 9.47 Å². The van der Waals surface area contributed by atoms with Crippen LogP contribution < -0.4 is 0 Å². The zero-order chi connectivity index (χ0) is 9.52. The molecule has 0 amide bonds. The Balaban J connectivity index is 1.93. The van der Waals surface area contributed by atoms with Crippen LogP contribution in [-0.4, -0.2) is 25.9 Å². The molecule has 78 valence electrons. The molecule has 1 heterocycles. The number of rotatable bonds is 8. The van der Waals surface area contributed by atoms with Crippen LogP contribution in [0, 0.1) is 5.92 Å². The lowest BCUT2D eigenvalue weighted by Gasteiger charge is -2.13. The van der Waals surface area contributed by atoms with Gasteiger partial charge in [0, 0.05) is 6.61 Å². The molecular weight excluding hydrogens is 164 g/mol. The third-order valence-corrected chi connectivity index (χ3v) is 2.60. The number of hydrogen-bond acceptors (Lipinski definition) is 2. The Kier molecular flexibility index (Phi) is 5.40. The molecule has 0 N–H and O–H groups in total. The van der Waals surface area contributed by atoms with Crippen molar-refractivity contribution >= 4 is 0 Å². The van der Waals surface area contributed by atoms with Crippen LogP contribution in [0.4, 0.5) is 0 Å². The van der Waals surface area contributed by atoms with E-state index in [1.54, 1.807) is 0 Å². The van der Waals surface area contributed by atoms with Crippen molar-refractivity contribution in [1.29, 1.82) is 0 Å². The molecule has 0 bridgehead atoms. The highest BCUT2D eigenvalue weighted by molar-refractivity contribution is 4.67. The molecule has 0 radical (unpaired) electrons. The van der Waals surface area contributed by atoms with Gasteiger partial charge in [-0.25, -0.2) is 0 Å². The zero-order valence-electron chi connectivity index (χ0n) is 8.92. The van der Waals surface area contributed by atoms with Gasteiger partial charge in [-0.05, 0) is 12.3 Å². The quantitative estimate of drug-likeness (QED) is 0.543.